The Morgan fingerprint density at radius 3 is 2.76 bits per heavy atom. The minimum absolute atomic E-state index is 0.0527. The number of aryl methyl sites for hydroxylation is 1. The molecule has 92 valence electrons. The van der Waals surface area contributed by atoms with E-state index in [9.17, 15) is 10.1 Å². The van der Waals surface area contributed by atoms with E-state index in [2.05, 4.69) is 4.98 Å². The third kappa shape index (κ3) is 2.21. The molecular formula is C11H16N4O2. The van der Waals surface area contributed by atoms with Crippen molar-refractivity contribution >= 4 is 11.5 Å². The second kappa shape index (κ2) is 4.29. The van der Waals surface area contributed by atoms with Crippen molar-refractivity contribution in [2.45, 2.75) is 19.9 Å². The molecule has 0 aliphatic carbocycles. The Morgan fingerprint density at radius 2 is 2.24 bits per heavy atom. The summed E-state index contributed by atoms with van der Waals surface area (Å²) < 4.78 is 0. The van der Waals surface area contributed by atoms with Gasteiger partial charge in [0.25, 0.3) is 0 Å². The summed E-state index contributed by atoms with van der Waals surface area (Å²) in [4.78, 5) is 16.7. The molecule has 1 saturated heterocycles. The third-order valence-electron chi connectivity index (χ3n) is 3.16. The summed E-state index contributed by atoms with van der Waals surface area (Å²) in [7, 11) is 0. The highest BCUT2D eigenvalue weighted by atomic mass is 16.6. The van der Waals surface area contributed by atoms with E-state index in [0.717, 1.165) is 12.2 Å². The number of nitro groups is 1. The number of pyridine rings is 1. The summed E-state index contributed by atoms with van der Waals surface area (Å²) in [5.74, 6) is 0.770. The van der Waals surface area contributed by atoms with Crippen LogP contribution in [0.4, 0.5) is 11.5 Å². The van der Waals surface area contributed by atoms with Crippen LogP contribution in [0.15, 0.2) is 12.1 Å². The van der Waals surface area contributed by atoms with Crippen LogP contribution < -0.4 is 10.6 Å². The lowest BCUT2D eigenvalue weighted by atomic mass is 10.1. The van der Waals surface area contributed by atoms with Crippen LogP contribution in [0.2, 0.25) is 0 Å². The summed E-state index contributed by atoms with van der Waals surface area (Å²) >= 11 is 0. The summed E-state index contributed by atoms with van der Waals surface area (Å²) in [6.07, 6.45) is 0. The first-order valence-electron chi connectivity index (χ1n) is 5.61. The van der Waals surface area contributed by atoms with Gasteiger partial charge in [-0.15, -0.1) is 0 Å². The maximum atomic E-state index is 11.0. The van der Waals surface area contributed by atoms with Crippen molar-refractivity contribution in [3.05, 3.63) is 27.9 Å². The Kier molecular flexibility index (Phi) is 2.97. The molecule has 0 saturated carbocycles. The van der Waals surface area contributed by atoms with Crippen LogP contribution in [-0.4, -0.2) is 29.0 Å². The zero-order chi connectivity index (χ0) is 12.6. The number of hydrogen-bond donors (Lipinski definition) is 1. The zero-order valence-corrected chi connectivity index (χ0v) is 9.96. The molecule has 2 unspecified atom stereocenters. The Hall–Kier alpha value is -1.69. The molecule has 17 heavy (non-hydrogen) atoms. The van der Waals surface area contributed by atoms with Crippen molar-refractivity contribution in [2.24, 2.45) is 11.7 Å². The number of anilines is 1. The highest BCUT2D eigenvalue weighted by Gasteiger charge is 2.31. The van der Waals surface area contributed by atoms with E-state index >= 15 is 0 Å². The molecule has 2 N–H and O–H groups in total. The first-order chi connectivity index (χ1) is 7.99. The molecule has 2 heterocycles. The van der Waals surface area contributed by atoms with E-state index in [0.29, 0.717) is 18.3 Å². The van der Waals surface area contributed by atoms with Crippen molar-refractivity contribution in [3.63, 3.8) is 0 Å². The van der Waals surface area contributed by atoms with Gasteiger partial charge in [-0.2, -0.15) is 0 Å². The van der Waals surface area contributed by atoms with Gasteiger partial charge < -0.3 is 10.6 Å². The van der Waals surface area contributed by atoms with Gasteiger partial charge in [0.2, 0.25) is 5.82 Å². The second-order valence-electron chi connectivity index (χ2n) is 4.60. The van der Waals surface area contributed by atoms with Gasteiger partial charge in [-0.05, 0) is 18.9 Å². The maximum absolute atomic E-state index is 11.0. The Balaban J connectivity index is 2.37. The standard InChI is InChI=1S/C11H16N4O2/c1-7-5-14(6-9(7)12)11-10(15(16)17)4-3-8(2)13-11/h3-4,7,9H,5-6,12H2,1-2H3. The van der Waals surface area contributed by atoms with Crippen LogP contribution in [0, 0.1) is 23.0 Å². The average molecular weight is 236 g/mol. The van der Waals surface area contributed by atoms with E-state index in [1.807, 2.05) is 18.7 Å². The molecule has 0 bridgehead atoms. The number of hydrogen-bond acceptors (Lipinski definition) is 5. The fourth-order valence-electron chi connectivity index (χ4n) is 2.08. The summed E-state index contributed by atoms with van der Waals surface area (Å²) in [5.41, 5.74) is 6.76. The van der Waals surface area contributed by atoms with E-state index in [1.165, 1.54) is 6.07 Å². The van der Waals surface area contributed by atoms with Crippen LogP contribution in [0.25, 0.3) is 0 Å². The lowest BCUT2D eigenvalue weighted by Crippen LogP contribution is -2.29. The van der Waals surface area contributed by atoms with Crippen molar-refractivity contribution in [1.29, 1.82) is 0 Å². The predicted octanol–water partition coefficient (Wildman–Crippen LogP) is 1.08. The van der Waals surface area contributed by atoms with Crippen LogP contribution in [-0.2, 0) is 0 Å². The third-order valence-corrected chi connectivity index (χ3v) is 3.16. The SMILES string of the molecule is Cc1ccc([N+](=O)[O-])c(N2CC(C)C(N)C2)n1. The van der Waals surface area contributed by atoms with Gasteiger partial charge >= 0.3 is 5.69 Å². The van der Waals surface area contributed by atoms with Crippen molar-refractivity contribution in [3.8, 4) is 0 Å². The first kappa shape index (κ1) is 11.8. The second-order valence-corrected chi connectivity index (χ2v) is 4.60. The van der Waals surface area contributed by atoms with E-state index in [4.69, 9.17) is 5.73 Å². The molecule has 6 heteroatoms. The van der Waals surface area contributed by atoms with Crippen molar-refractivity contribution in [1.82, 2.24) is 4.98 Å². The lowest BCUT2D eigenvalue weighted by Gasteiger charge is -2.17. The monoisotopic (exact) mass is 236 g/mol. The van der Waals surface area contributed by atoms with Crippen LogP contribution in [0.5, 0.6) is 0 Å². The Labute approximate surface area is 99.6 Å². The summed E-state index contributed by atoms with van der Waals surface area (Å²) in [6, 6.07) is 3.21. The topological polar surface area (TPSA) is 85.3 Å². The molecule has 0 amide bonds. The fraction of sp³-hybridized carbons (Fsp3) is 0.545. The molecule has 2 atom stereocenters. The van der Waals surface area contributed by atoms with Crippen LogP contribution in [0.1, 0.15) is 12.6 Å². The highest BCUT2D eigenvalue weighted by molar-refractivity contribution is 5.59. The summed E-state index contributed by atoms with van der Waals surface area (Å²) in [6.45, 7) is 5.22. The molecule has 0 spiro atoms. The summed E-state index contributed by atoms with van der Waals surface area (Å²) in [5, 5.41) is 11.0. The Bertz CT molecular complexity index is 439. The number of nitrogens with two attached hydrogens (primary N) is 1. The number of nitrogens with zero attached hydrogens (tertiary/aromatic N) is 3. The molecule has 1 fully saturated rings. The molecule has 1 aromatic rings. The van der Waals surface area contributed by atoms with E-state index < -0.39 is 4.92 Å². The first-order valence-corrected chi connectivity index (χ1v) is 5.61. The highest BCUT2D eigenvalue weighted by Crippen LogP contribution is 2.29. The predicted molar refractivity (Wildman–Crippen MR) is 65.0 cm³/mol. The van der Waals surface area contributed by atoms with Gasteiger partial charge in [0, 0.05) is 30.9 Å². The average Bonchev–Trinajstić information content (AvgIpc) is 2.58. The molecule has 0 aromatic carbocycles. The number of aromatic nitrogens is 1. The van der Waals surface area contributed by atoms with Crippen LogP contribution in [0.3, 0.4) is 0 Å². The van der Waals surface area contributed by atoms with E-state index in [1.54, 1.807) is 6.07 Å². The number of rotatable bonds is 2. The lowest BCUT2D eigenvalue weighted by molar-refractivity contribution is -0.384. The molecule has 6 nitrogen and oxygen atoms in total. The minimum Gasteiger partial charge on any atom is -0.349 e. The van der Waals surface area contributed by atoms with Crippen LogP contribution >= 0.6 is 0 Å². The normalized spacial score (nSPS) is 24.1. The Morgan fingerprint density at radius 1 is 1.53 bits per heavy atom. The molecule has 1 aliphatic rings. The van der Waals surface area contributed by atoms with Gasteiger partial charge in [0.1, 0.15) is 0 Å². The molecule has 0 radical (unpaired) electrons. The van der Waals surface area contributed by atoms with Gasteiger partial charge in [-0.1, -0.05) is 6.92 Å². The maximum Gasteiger partial charge on any atom is 0.311 e. The molecule has 1 aromatic heterocycles. The minimum atomic E-state index is -0.393. The van der Waals surface area contributed by atoms with Crippen molar-refractivity contribution in [2.75, 3.05) is 18.0 Å². The van der Waals surface area contributed by atoms with Gasteiger partial charge in [-0.25, -0.2) is 4.98 Å². The largest absolute Gasteiger partial charge is 0.349 e. The molecule has 1 aliphatic heterocycles. The molecule has 2 rings (SSSR count). The van der Waals surface area contributed by atoms with Crippen molar-refractivity contribution < 1.29 is 4.92 Å². The van der Waals surface area contributed by atoms with E-state index in [-0.39, 0.29) is 11.7 Å². The smallest absolute Gasteiger partial charge is 0.311 e. The quantitative estimate of drug-likeness (QED) is 0.613. The van der Waals surface area contributed by atoms with Gasteiger partial charge in [0.05, 0.1) is 4.92 Å². The fourth-order valence-corrected chi connectivity index (χ4v) is 2.08. The van der Waals surface area contributed by atoms with Gasteiger partial charge in [-0.3, -0.25) is 10.1 Å². The molecular weight excluding hydrogens is 220 g/mol. The zero-order valence-electron chi connectivity index (χ0n) is 9.96. The van der Waals surface area contributed by atoms with Gasteiger partial charge in [0.15, 0.2) is 0 Å².